The van der Waals surface area contributed by atoms with Crippen LogP contribution >= 0.6 is 0 Å². The SMILES string of the molecule is COCCNc1ccc(-c2cccc([N+](=O)[O-])c2)cc1C#N. The molecule has 0 bridgehead atoms. The molecule has 0 atom stereocenters. The third-order valence-electron chi connectivity index (χ3n) is 3.15. The molecule has 2 aromatic rings. The van der Waals surface area contributed by atoms with Crippen molar-refractivity contribution in [1.82, 2.24) is 0 Å². The molecule has 0 aliphatic rings. The van der Waals surface area contributed by atoms with E-state index in [0.29, 0.717) is 30.0 Å². The number of hydrogen-bond acceptors (Lipinski definition) is 5. The van der Waals surface area contributed by atoms with Gasteiger partial charge in [-0.1, -0.05) is 18.2 Å². The topological polar surface area (TPSA) is 88.2 Å². The number of nitro benzene ring substituents is 1. The lowest BCUT2D eigenvalue weighted by atomic mass is 10.0. The van der Waals surface area contributed by atoms with E-state index in [1.165, 1.54) is 12.1 Å². The molecule has 0 spiro atoms. The summed E-state index contributed by atoms with van der Waals surface area (Å²) in [6, 6.07) is 13.8. The van der Waals surface area contributed by atoms with Gasteiger partial charge >= 0.3 is 0 Å². The van der Waals surface area contributed by atoms with Gasteiger partial charge in [0.05, 0.1) is 22.8 Å². The molecule has 1 N–H and O–H groups in total. The highest BCUT2D eigenvalue weighted by atomic mass is 16.6. The number of nitrogens with one attached hydrogen (secondary N) is 1. The summed E-state index contributed by atoms with van der Waals surface area (Å²) in [5.74, 6) is 0. The monoisotopic (exact) mass is 297 g/mol. The second kappa shape index (κ2) is 7.20. The number of rotatable bonds is 6. The van der Waals surface area contributed by atoms with Gasteiger partial charge in [0.1, 0.15) is 6.07 Å². The van der Waals surface area contributed by atoms with E-state index < -0.39 is 4.92 Å². The van der Waals surface area contributed by atoms with E-state index in [-0.39, 0.29) is 5.69 Å². The molecule has 112 valence electrons. The molecule has 22 heavy (non-hydrogen) atoms. The van der Waals surface area contributed by atoms with Crippen molar-refractivity contribution in [2.45, 2.75) is 0 Å². The van der Waals surface area contributed by atoms with Crippen molar-refractivity contribution < 1.29 is 9.66 Å². The minimum absolute atomic E-state index is 0.0262. The maximum Gasteiger partial charge on any atom is 0.270 e. The van der Waals surface area contributed by atoms with Gasteiger partial charge in [-0.2, -0.15) is 5.26 Å². The van der Waals surface area contributed by atoms with Crippen LogP contribution in [0.25, 0.3) is 11.1 Å². The molecule has 6 nitrogen and oxygen atoms in total. The first-order chi connectivity index (χ1) is 10.7. The predicted molar refractivity (Wildman–Crippen MR) is 83.6 cm³/mol. The maximum absolute atomic E-state index is 10.8. The summed E-state index contributed by atoms with van der Waals surface area (Å²) in [6.45, 7) is 1.14. The third kappa shape index (κ3) is 3.59. The van der Waals surface area contributed by atoms with Crippen molar-refractivity contribution in [3.8, 4) is 17.2 Å². The second-order valence-electron chi connectivity index (χ2n) is 4.60. The molecule has 0 heterocycles. The van der Waals surface area contributed by atoms with Crippen LogP contribution in [0.5, 0.6) is 0 Å². The van der Waals surface area contributed by atoms with Crippen LogP contribution in [0.2, 0.25) is 0 Å². The molecular weight excluding hydrogens is 282 g/mol. The molecule has 2 rings (SSSR count). The molecule has 0 saturated carbocycles. The fraction of sp³-hybridized carbons (Fsp3) is 0.188. The quantitative estimate of drug-likeness (QED) is 0.502. The summed E-state index contributed by atoms with van der Waals surface area (Å²) in [5, 5.41) is 23.2. The molecule has 0 unspecified atom stereocenters. The van der Waals surface area contributed by atoms with Gasteiger partial charge < -0.3 is 10.1 Å². The molecule has 0 aliphatic carbocycles. The first-order valence-electron chi connectivity index (χ1n) is 6.67. The van der Waals surface area contributed by atoms with Crippen LogP contribution in [0, 0.1) is 21.4 Å². The summed E-state index contributed by atoms with van der Waals surface area (Å²) in [7, 11) is 1.61. The number of nitrogens with zero attached hydrogens (tertiary/aromatic N) is 2. The summed E-state index contributed by atoms with van der Waals surface area (Å²) in [5.41, 5.74) is 2.69. The highest BCUT2D eigenvalue weighted by Crippen LogP contribution is 2.27. The van der Waals surface area contributed by atoms with E-state index in [4.69, 9.17) is 4.74 Å². The summed E-state index contributed by atoms with van der Waals surface area (Å²) < 4.78 is 4.96. The first kappa shape index (κ1) is 15.5. The molecule has 0 aliphatic heterocycles. The van der Waals surface area contributed by atoms with E-state index >= 15 is 0 Å². The molecule has 6 heteroatoms. The summed E-state index contributed by atoms with van der Waals surface area (Å²) in [6.07, 6.45) is 0. The lowest BCUT2D eigenvalue weighted by Crippen LogP contribution is -2.08. The normalized spacial score (nSPS) is 10.0. The van der Waals surface area contributed by atoms with Crippen LogP contribution in [-0.4, -0.2) is 25.2 Å². The standard InChI is InChI=1S/C16H15N3O3/c1-22-8-7-18-16-6-5-13(9-14(16)11-17)12-3-2-4-15(10-12)19(20)21/h2-6,9-10,18H,7-8H2,1H3. The highest BCUT2D eigenvalue weighted by molar-refractivity contribution is 5.72. The third-order valence-corrected chi connectivity index (χ3v) is 3.15. The molecular formula is C16H15N3O3. The average Bonchev–Trinajstić information content (AvgIpc) is 2.55. The molecule has 0 fully saturated rings. The van der Waals surface area contributed by atoms with Gasteiger partial charge in [0.2, 0.25) is 0 Å². The van der Waals surface area contributed by atoms with Gasteiger partial charge in [0.25, 0.3) is 5.69 Å². The fourth-order valence-electron chi connectivity index (χ4n) is 2.06. The van der Waals surface area contributed by atoms with Crippen molar-refractivity contribution in [3.05, 3.63) is 58.1 Å². The zero-order valence-electron chi connectivity index (χ0n) is 12.1. The first-order valence-corrected chi connectivity index (χ1v) is 6.67. The molecule has 0 saturated heterocycles. The van der Waals surface area contributed by atoms with Gasteiger partial charge in [-0.25, -0.2) is 0 Å². The highest BCUT2D eigenvalue weighted by Gasteiger charge is 2.09. The Bertz CT molecular complexity index is 723. The van der Waals surface area contributed by atoms with Crippen LogP contribution in [-0.2, 0) is 4.74 Å². The molecule has 2 aromatic carbocycles. The van der Waals surface area contributed by atoms with E-state index in [1.54, 1.807) is 31.4 Å². The van der Waals surface area contributed by atoms with Crippen LogP contribution in [0.4, 0.5) is 11.4 Å². The van der Waals surface area contributed by atoms with Crippen molar-refractivity contribution in [2.75, 3.05) is 25.6 Å². The zero-order valence-corrected chi connectivity index (χ0v) is 12.1. The number of ether oxygens (including phenoxy) is 1. The minimum atomic E-state index is -0.435. The van der Waals surface area contributed by atoms with Crippen molar-refractivity contribution in [1.29, 1.82) is 5.26 Å². The second-order valence-corrected chi connectivity index (χ2v) is 4.60. The number of non-ortho nitro benzene ring substituents is 1. The van der Waals surface area contributed by atoms with E-state index in [2.05, 4.69) is 11.4 Å². The lowest BCUT2D eigenvalue weighted by molar-refractivity contribution is -0.384. The Balaban J connectivity index is 2.31. The Morgan fingerprint density at radius 2 is 2.05 bits per heavy atom. The smallest absolute Gasteiger partial charge is 0.270 e. The van der Waals surface area contributed by atoms with Crippen LogP contribution < -0.4 is 5.32 Å². The Labute approximate surface area is 128 Å². The number of methoxy groups -OCH3 is 1. The Morgan fingerprint density at radius 3 is 2.73 bits per heavy atom. The van der Waals surface area contributed by atoms with Gasteiger partial charge in [-0.05, 0) is 23.3 Å². The minimum Gasteiger partial charge on any atom is -0.383 e. The largest absolute Gasteiger partial charge is 0.383 e. The van der Waals surface area contributed by atoms with Gasteiger partial charge in [0.15, 0.2) is 0 Å². The van der Waals surface area contributed by atoms with E-state index in [0.717, 1.165) is 5.56 Å². The number of nitro groups is 1. The number of benzene rings is 2. The average molecular weight is 297 g/mol. The molecule has 0 radical (unpaired) electrons. The van der Waals surface area contributed by atoms with Crippen LogP contribution in [0.15, 0.2) is 42.5 Å². The van der Waals surface area contributed by atoms with Crippen molar-refractivity contribution in [3.63, 3.8) is 0 Å². The van der Waals surface area contributed by atoms with Gasteiger partial charge in [0, 0.05) is 25.8 Å². The van der Waals surface area contributed by atoms with Gasteiger partial charge in [-0.15, -0.1) is 0 Å². The van der Waals surface area contributed by atoms with Crippen LogP contribution in [0.3, 0.4) is 0 Å². The lowest BCUT2D eigenvalue weighted by Gasteiger charge is -2.09. The number of hydrogen-bond donors (Lipinski definition) is 1. The number of anilines is 1. The van der Waals surface area contributed by atoms with Gasteiger partial charge in [-0.3, -0.25) is 10.1 Å². The number of nitriles is 1. The van der Waals surface area contributed by atoms with Crippen LogP contribution in [0.1, 0.15) is 5.56 Å². The molecule has 0 aromatic heterocycles. The Morgan fingerprint density at radius 1 is 1.27 bits per heavy atom. The van der Waals surface area contributed by atoms with Crippen molar-refractivity contribution >= 4 is 11.4 Å². The predicted octanol–water partition coefficient (Wildman–Crippen LogP) is 3.19. The summed E-state index contributed by atoms with van der Waals surface area (Å²) >= 11 is 0. The Kier molecular flexibility index (Phi) is 5.07. The Hall–Kier alpha value is -2.91. The maximum atomic E-state index is 10.8. The zero-order chi connectivity index (χ0) is 15.9. The summed E-state index contributed by atoms with van der Waals surface area (Å²) in [4.78, 5) is 10.4. The fourth-order valence-corrected chi connectivity index (χ4v) is 2.06. The van der Waals surface area contributed by atoms with E-state index in [9.17, 15) is 15.4 Å². The van der Waals surface area contributed by atoms with Crippen molar-refractivity contribution in [2.24, 2.45) is 0 Å². The van der Waals surface area contributed by atoms with E-state index in [1.807, 2.05) is 6.07 Å². The molecule has 0 amide bonds.